The highest BCUT2D eigenvalue weighted by Gasteiger charge is 2.39. The van der Waals surface area contributed by atoms with Crippen LogP contribution < -0.4 is 5.32 Å². The maximum Gasteiger partial charge on any atom is 0.138 e. The summed E-state index contributed by atoms with van der Waals surface area (Å²) >= 11 is 0. The minimum atomic E-state index is -0.584. The van der Waals surface area contributed by atoms with Crippen molar-refractivity contribution in [3.8, 4) is 0 Å². The van der Waals surface area contributed by atoms with E-state index in [9.17, 15) is 0 Å². The summed E-state index contributed by atoms with van der Waals surface area (Å²) in [5.74, 6) is 0. The van der Waals surface area contributed by atoms with Crippen LogP contribution in [0.3, 0.4) is 0 Å². The first-order valence-corrected chi connectivity index (χ1v) is 9.88. The topological polar surface area (TPSA) is 50.1 Å². The summed E-state index contributed by atoms with van der Waals surface area (Å²) in [7, 11) is 0. The Morgan fingerprint density at radius 1 is 0.759 bits per heavy atom. The van der Waals surface area contributed by atoms with Crippen molar-refractivity contribution in [2.45, 2.75) is 12.1 Å². The van der Waals surface area contributed by atoms with Gasteiger partial charge in [-0.2, -0.15) is 5.10 Å². The van der Waals surface area contributed by atoms with Gasteiger partial charge in [0, 0.05) is 24.8 Å². The van der Waals surface area contributed by atoms with E-state index < -0.39 is 5.54 Å². The summed E-state index contributed by atoms with van der Waals surface area (Å²) in [5, 5.41) is 17.1. The van der Waals surface area contributed by atoms with Crippen molar-refractivity contribution in [3.63, 3.8) is 0 Å². The second kappa shape index (κ2) is 8.86. The number of nitrogens with one attached hydrogen (secondary N) is 1. The molecule has 1 aromatic heterocycles. The Labute approximate surface area is 171 Å². The highest BCUT2D eigenvalue weighted by atomic mass is 16.3. The molecule has 0 atom stereocenters. The molecular weight excluding hydrogens is 358 g/mol. The number of aromatic nitrogens is 2. The molecular formula is C25H25N3O. The molecule has 0 saturated carbocycles. The van der Waals surface area contributed by atoms with E-state index in [-0.39, 0.29) is 6.61 Å². The van der Waals surface area contributed by atoms with E-state index in [1.165, 1.54) is 0 Å². The molecule has 4 heteroatoms. The van der Waals surface area contributed by atoms with Gasteiger partial charge < -0.3 is 10.4 Å². The molecule has 0 unspecified atom stereocenters. The van der Waals surface area contributed by atoms with Crippen molar-refractivity contribution in [2.24, 2.45) is 0 Å². The smallest absolute Gasteiger partial charge is 0.138 e. The molecule has 0 aliphatic heterocycles. The number of nitrogens with zero attached hydrogens (tertiary/aromatic N) is 2. The van der Waals surface area contributed by atoms with E-state index in [2.05, 4.69) is 89.0 Å². The predicted molar refractivity (Wildman–Crippen MR) is 116 cm³/mol. The summed E-state index contributed by atoms with van der Waals surface area (Å²) in [5.41, 5.74) is 3.94. The number of hydrogen-bond acceptors (Lipinski definition) is 3. The van der Waals surface area contributed by atoms with Gasteiger partial charge in [0.15, 0.2) is 0 Å². The Balaban J connectivity index is 1.94. The molecule has 0 spiro atoms. The first-order valence-electron chi connectivity index (χ1n) is 9.88. The molecule has 3 aromatic carbocycles. The molecule has 0 amide bonds. The van der Waals surface area contributed by atoms with E-state index in [4.69, 9.17) is 10.2 Å². The fourth-order valence-corrected chi connectivity index (χ4v) is 3.88. The van der Waals surface area contributed by atoms with Gasteiger partial charge in [-0.15, -0.1) is 0 Å². The molecule has 0 aliphatic rings. The summed E-state index contributed by atoms with van der Waals surface area (Å²) in [6.07, 6.45) is 3.99. The summed E-state index contributed by atoms with van der Waals surface area (Å²) < 4.78 is 2.06. The van der Waals surface area contributed by atoms with Gasteiger partial charge in [-0.25, -0.2) is 0 Å². The highest BCUT2D eigenvalue weighted by Crippen LogP contribution is 2.40. The third-order valence-electron chi connectivity index (χ3n) is 5.17. The van der Waals surface area contributed by atoms with Crippen LogP contribution in [0.1, 0.15) is 22.3 Å². The number of aliphatic hydroxyl groups is 1. The average Bonchev–Trinajstić information content (AvgIpc) is 3.26. The monoisotopic (exact) mass is 383 g/mol. The third-order valence-corrected chi connectivity index (χ3v) is 5.17. The first kappa shape index (κ1) is 19.1. The number of benzene rings is 3. The Morgan fingerprint density at radius 2 is 1.24 bits per heavy atom. The van der Waals surface area contributed by atoms with E-state index >= 15 is 0 Å². The first-order chi connectivity index (χ1) is 14.4. The average molecular weight is 383 g/mol. The van der Waals surface area contributed by atoms with Crippen molar-refractivity contribution >= 4 is 0 Å². The third kappa shape index (κ3) is 3.73. The van der Waals surface area contributed by atoms with Crippen LogP contribution in [-0.2, 0) is 12.1 Å². The van der Waals surface area contributed by atoms with E-state index in [1.54, 1.807) is 0 Å². The van der Waals surface area contributed by atoms with Gasteiger partial charge in [-0.3, -0.25) is 4.68 Å². The standard InChI is InChI=1S/C25H25N3O/c29-17-16-26-18-21-19-27-28(20-21)25(22-10-4-1-5-11-22,23-12-6-2-7-13-23)24-14-8-3-9-15-24/h1-15,19-20,26,29H,16-18H2. The Kier molecular flexibility index (Phi) is 5.84. The van der Waals surface area contributed by atoms with Crippen molar-refractivity contribution in [3.05, 3.63) is 126 Å². The highest BCUT2D eigenvalue weighted by molar-refractivity contribution is 5.50. The fourth-order valence-electron chi connectivity index (χ4n) is 3.88. The zero-order valence-electron chi connectivity index (χ0n) is 16.3. The molecule has 29 heavy (non-hydrogen) atoms. The predicted octanol–water partition coefficient (Wildman–Crippen LogP) is 3.81. The second-order valence-corrected chi connectivity index (χ2v) is 7.00. The van der Waals surface area contributed by atoms with Gasteiger partial charge in [-0.05, 0) is 16.7 Å². The van der Waals surface area contributed by atoms with Crippen molar-refractivity contribution in [1.29, 1.82) is 0 Å². The fraction of sp³-hybridized carbons (Fsp3) is 0.160. The lowest BCUT2D eigenvalue weighted by Crippen LogP contribution is -2.38. The molecule has 0 fully saturated rings. The molecule has 4 aromatic rings. The Morgan fingerprint density at radius 3 is 1.69 bits per heavy atom. The zero-order valence-corrected chi connectivity index (χ0v) is 16.3. The lowest BCUT2D eigenvalue weighted by Gasteiger charge is -2.36. The van der Waals surface area contributed by atoms with Crippen LogP contribution in [-0.4, -0.2) is 28.0 Å². The van der Waals surface area contributed by atoms with Crippen LogP contribution in [0.15, 0.2) is 103 Å². The SMILES string of the molecule is OCCNCc1cnn(C(c2ccccc2)(c2ccccc2)c2ccccc2)c1. The zero-order chi connectivity index (χ0) is 19.9. The lowest BCUT2D eigenvalue weighted by molar-refractivity contribution is 0.292. The minimum Gasteiger partial charge on any atom is -0.395 e. The molecule has 1 heterocycles. The number of hydrogen-bond donors (Lipinski definition) is 2. The molecule has 4 nitrogen and oxygen atoms in total. The number of aliphatic hydroxyl groups excluding tert-OH is 1. The van der Waals surface area contributed by atoms with E-state index in [0.717, 1.165) is 22.3 Å². The van der Waals surface area contributed by atoms with Crippen molar-refractivity contribution in [2.75, 3.05) is 13.2 Å². The minimum absolute atomic E-state index is 0.121. The van der Waals surface area contributed by atoms with Crippen molar-refractivity contribution < 1.29 is 5.11 Å². The summed E-state index contributed by atoms with van der Waals surface area (Å²) in [6, 6.07) is 31.5. The molecule has 0 aliphatic carbocycles. The molecule has 2 N–H and O–H groups in total. The van der Waals surface area contributed by atoms with Gasteiger partial charge in [0.25, 0.3) is 0 Å². The molecule has 0 radical (unpaired) electrons. The lowest BCUT2D eigenvalue weighted by atomic mass is 9.77. The summed E-state index contributed by atoms with van der Waals surface area (Å²) in [4.78, 5) is 0. The van der Waals surface area contributed by atoms with Gasteiger partial charge in [-0.1, -0.05) is 91.0 Å². The Hall–Kier alpha value is -3.21. The van der Waals surface area contributed by atoms with Crippen LogP contribution in [0, 0.1) is 0 Å². The van der Waals surface area contributed by atoms with Crippen LogP contribution in [0.5, 0.6) is 0 Å². The molecule has 0 bridgehead atoms. The molecule has 146 valence electrons. The van der Waals surface area contributed by atoms with Gasteiger partial charge in [0.1, 0.15) is 5.54 Å². The second-order valence-electron chi connectivity index (χ2n) is 7.00. The van der Waals surface area contributed by atoms with Crippen LogP contribution in [0.25, 0.3) is 0 Å². The number of rotatable bonds is 8. The Bertz CT molecular complexity index is 917. The van der Waals surface area contributed by atoms with Crippen LogP contribution in [0.2, 0.25) is 0 Å². The largest absolute Gasteiger partial charge is 0.395 e. The molecule has 4 rings (SSSR count). The maximum absolute atomic E-state index is 9.04. The van der Waals surface area contributed by atoms with Gasteiger partial charge >= 0.3 is 0 Å². The van der Waals surface area contributed by atoms with E-state index in [1.807, 2.05) is 24.4 Å². The molecule has 0 saturated heterocycles. The normalized spacial score (nSPS) is 11.5. The van der Waals surface area contributed by atoms with Crippen LogP contribution in [0.4, 0.5) is 0 Å². The maximum atomic E-state index is 9.04. The summed E-state index contributed by atoms with van der Waals surface area (Å²) in [6.45, 7) is 1.34. The van der Waals surface area contributed by atoms with Crippen molar-refractivity contribution in [1.82, 2.24) is 15.1 Å². The van der Waals surface area contributed by atoms with Crippen LogP contribution >= 0.6 is 0 Å². The van der Waals surface area contributed by atoms with Gasteiger partial charge in [0.05, 0.1) is 12.8 Å². The van der Waals surface area contributed by atoms with E-state index in [0.29, 0.717) is 13.1 Å². The quantitative estimate of drug-likeness (QED) is 0.359. The van der Waals surface area contributed by atoms with Gasteiger partial charge in [0.2, 0.25) is 0 Å².